The van der Waals surface area contributed by atoms with Gasteiger partial charge in [-0.05, 0) is 12.0 Å². The smallest absolute Gasteiger partial charge is 0.254 e. The minimum atomic E-state index is -1.35. The monoisotopic (exact) mass is 271 g/mol. The van der Waals surface area contributed by atoms with Gasteiger partial charge in [0.15, 0.2) is 5.82 Å². The first-order chi connectivity index (χ1) is 8.91. The number of hydrogen-bond acceptors (Lipinski definition) is 3. The van der Waals surface area contributed by atoms with Gasteiger partial charge in [-0.25, -0.2) is 9.37 Å². The topological polar surface area (TPSA) is 71.1 Å². The molecular weight excluding hydrogens is 256 g/mol. The summed E-state index contributed by atoms with van der Waals surface area (Å²) in [6.45, 7) is 4.03. The molecule has 104 valence electrons. The number of carbonyl (C=O) groups is 2. The summed E-state index contributed by atoms with van der Waals surface area (Å²) in [5, 5.41) is 4.79. The molecule has 2 amide bonds. The fourth-order valence-electron chi connectivity index (χ4n) is 1.23. The highest BCUT2D eigenvalue weighted by molar-refractivity contribution is 5.96. The Morgan fingerprint density at radius 2 is 2.00 bits per heavy atom. The summed E-state index contributed by atoms with van der Waals surface area (Å²) in [6, 6.07) is 1.04. The second-order valence-corrected chi connectivity index (χ2v) is 4.34. The van der Waals surface area contributed by atoms with Crippen molar-refractivity contribution in [3.8, 4) is 0 Å². The third-order valence-electron chi connectivity index (χ3n) is 2.21. The van der Waals surface area contributed by atoms with Crippen LogP contribution < -0.4 is 10.6 Å². The van der Waals surface area contributed by atoms with Gasteiger partial charge in [-0.2, -0.15) is 4.39 Å². The fourth-order valence-corrected chi connectivity index (χ4v) is 1.23. The standard InChI is InChI=1S/C12H15F2N3O2/c1-7(2)5-16-9(18)6-17-12(19)8-3-4-15-11(14)10(8)13/h3-4,7H,5-6H2,1-2H3,(H,16,18)(H,17,19). The molecule has 0 aromatic carbocycles. The molecule has 0 aliphatic carbocycles. The number of amides is 2. The summed E-state index contributed by atoms with van der Waals surface area (Å²) in [6.07, 6.45) is 0.978. The van der Waals surface area contributed by atoms with Gasteiger partial charge < -0.3 is 10.6 Å². The lowest BCUT2D eigenvalue weighted by Crippen LogP contribution is -2.38. The predicted molar refractivity (Wildman–Crippen MR) is 64.3 cm³/mol. The molecule has 19 heavy (non-hydrogen) atoms. The van der Waals surface area contributed by atoms with Crippen molar-refractivity contribution in [3.63, 3.8) is 0 Å². The van der Waals surface area contributed by atoms with E-state index in [0.717, 1.165) is 12.3 Å². The van der Waals surface area contributed by atoms with E-state index in [1.165, 1.54) is 0 Å². The molecule has 1 heterocycles. The van der Waals surface area contributed by atoms with Gasteiger partial charge >= 0.3 is 0 Å². The number of rotatable bonds is 5. The molecule has 7 heteroatoms. The second kappa shape index (κ2) is 6.77. The van der Waals surface area contributed by atoms with Gasteiger partial charge in [0.1, 0.15) is 0 Å². The highest BCUT2D eigenvalue weighted by Crippen LogP contribution is 2.08. The molecule has 0 fully saturated rings. The van der Waals surface area contributed by atoms with Crippen LogP contribution in [0.4, 0.5) is 8.78 Å². The molecule has 1 aromatic rings. The van der Waals surface area contributed by atoms with Gasteiger partial charge in [0.05, 0.1) is 12.1 Å². The van der Waals surface area contributed by atoms with Crippen molar-refractivity contribution in [2.75, 3.05) is 13.1 Å². The number of nitrogens with zero attached hydrogens (tertiary/aromatic N) is 1. The molecule has 1 rings (SSSR count). The Labute approximate surface area is 109 Å². The SMILES string of the molecule is CC(C)CNC(=O)CNC(=O)c1ccnc(F)c1F. The van der Waals surface area contributed by atoms with Crippen molar-refractivity contribution in [2.24, 2.45) is 5.92 Å². The second-order valence-electron chi connectivity index (χ2n) is 4.34. The molecule has 0 unspecified atom stereocenters. The van der Waals surface area contributed by atoms with Gasteiger partial charge in [0, 0.05) is 12.7 Å². The first-order valence-corrected chi connectivity index (χ1v) is 5.76. The van der Waals surface area contributed by atoms with E-state index in [0.29, 0.717) is 6.54 Å². The number of halogens is 2. The summed E-state index contributed by atoms with van der Waals surface area (Å²) in [5.74, 6) is -3.65. The van der Waals surface area contributed by atoms with Gasteiger partial charge in [0.2, 0.25) is 11.9 Å². The van der Waals surface area contributed by atoms with Crippen LogP contribution in [0, 0.1) is 17.7 Å². The molecule has 1 aromatic heterocycles. The van der Waals surface area contributed by atoms with Crippen LogP contribution in [0.2, 0.25) is 0 Å². The first-order valence-electron chi connectivity index (χ1n) is 5.76. The molecule has 0 aliphatic rings. The van der Waals surface area contributed by atoms with Crippen molar-refractivity contribution in [1.29, 1.82) is 0 Å². The van der Waals surface area contributed by atoms with Crippen molar-refractivity contribution in [2.45, 2.75) is 13.8 Å². The van der Waals surface area contributed by atoms with E-state index < -0.39 is 29.1 Å². The van der Waals surface area contributed by atoms with Crippen molar-refractivity contribution >= 4 is 11.8 Å². The van der Waals surface area contributed by atoms with Crippen molar-refractivity contribution in [1.82, 2.24) is 15.6 Å². The van der Waals surface area contributed by atoms with Crippen LogP contribution in [0.15, 0.2) is 12.3 Å². The van der Waals surface area contributed by atoms with E-state index in [1.54, 1.807) is 0 Å². The van der Waals surface area contributed by atoms with E-state index in [-0.39, 0.29) is 12.5 Å². The Balaban J connectivity index is 2.52. The van der Waals surface area contributed by atoms with Crippen LogP contribution >= 0.6 is 0 Å². The number of hydrogen-bond donors (Lipinski definition) is 2. The van der Waals surface area contributed by atoms with Crippen molar-refractivity contribution < 1.29 is 18.4 Å². The Bertz CT molecular complexity index is 478. The van der Waals surface area contributed by atoms with Crippen LogP contribution in [-0.4, -0.2) is 29.9 Å². The molecule has 0 saturated heterocycles. The van der Waals surface area contributed by atoms with E-state index in [9.17, 15) is 18.4 Å². The Morgan fingerprint density at radius 3 is 2.63 bits per heavy atom. The van der Waals surface area contributed by atoms with Crippen LogP contribution in [0.5, 0.6) is 0 Å². The summed E-state index contributed by atoms with van der Waals surface area (Å²) < 4.78 is 26.0. The van der Waals surface area contributed by atoms with E-state index in [2.05, 4.69) is 15.6 Å². The molecule has 5 nitrogen and oxygen atoms in total. The fraction of sp³-hybridized carbons (Fsp3) is 0.417. The van der Waals surface area contributed by atoms with Crippen LogP contribution in [0.3, 0.4) is 0 Å². The molecule has 2 N–H and O–H groups in total. The maximum absolute atomic E-state index is 13.2. The zero-order valence-corrected chi connectivity index (χ0v) is 10.7. The lowest BCUT2D eigenvalue weighted by Gasteiger charge is -2.09. The van der Waals surface area contributed by atoms with Crippen LogP contribution in [0.25, 0.3) is 0 Å². The van der Waals surface area contributed by atoms with Gasteiger partial charge in [0.25, 0.3) is 5.91 Å². The molecule has 0 saturated carbocycles. The quantitative estimate of drug-likeness (QED) is 0.780. The lowest BCUT2D eigenvalue weighted by atomic mass is 10.2. The number of nitrogens with one attached hydrogen (secondary N) is 2. The normalized spacial score (nSPS) is 10.4. The number of pyridine rings is 1. The van der Waals surface area contributed by atoms with Crippen LogP contribution in [-0.2, 0) is 4.79 Å². The van der Waals surface area contributed by atoms with Gasteiger partial charge in [-0.15, -0.1) is 0 Å². The highest BCUT2D eigenvalue weighted by Gasteiger charge is 2.16. The summed E-state index contributed by atoms with van der Waals surface area (Å²) in [4.78, 5) is 25.9. The zero-order valence-electron chi connectivity index (χ0n) is 10.7. The molecular formula is C12H15F2N3O2. The van der Waals surface area contributed by atoms with E-state index in [1.807, 2.05) is 13.8 Å². The van der Waals surface area contributed by atoms with Gasteiger partial charge in [-0.1, -0.05) is 13.8 Å². The highest BCUT2D eigenvalue weighted by atomic mass is 19.2. The maximum Gasteiger partial charge on any atom is 0.254 e. The largest absolute Gasteiger partial charge is 0.354 e. The molecule has 0 bridgehead atoms. The molecule has 0 aliphatic heterocycles. The number of carbonyl (C=O) groups excluding carboxylic acids is 2. The minimum absolute atomic E-state index is 0.284. The predicted octanol–water partition coefficient (Wildman–Crippen LogP) is 0.862. The average molecular weight is 271 g/mol. The van der Waals surface area contributed by atoms with Gasteiger partial charge in [-0.3, -0.25) is 9.59 Å². The van der Waals surface area contributed by atoms with E-state index in [4.69, 9.17) is 0 Å². The Kier molecular flexibility index (Phi) is 5.35. The summed E-state index contributed by atoms with van der Waals surface area (Å²) in [5.41, 5.74) is -0.482. The molecule has 0 atom stereocenters. The zero-order chi connectivity index (χ0) is 14.4. The first kappa shape index (κ1) is 15.0. The van der Waals surface area contributed by atoms with Crippen LogP contribution in [0.1, 0.15) is 24.2 Å². The Hall–Kier alpha value is -2.05. The molecule has 0 spiro atoms. The Morgan fingerprint density at radius 1 is 1.32 bits per heavy atom. The number of aromatic nitrogens is 1. The third kappa shape index (κ3) is 4.61. The van der Waals surface area contributed by atoms with Crippen molar-refractivity contribution in [3.05, 3.63) is 29.6 Å². The average Bonchev–Trinajstić information content (AvgIpc) is 2.36. The minimum Gasteiger partial charge on any atom is -0.354 e. The third-order valence-corrected chi connectivity index (χ3v) is 2.21. The summed E-state index contributed by atoms with van der Waals surface area (Å²) >= 11 is 0. The molecule has 0 radical (unpaired) electrons. The lowest BCUT2D eigenvalue weighted by molar-refractivity contribution is -0.120. The van der Waals surface area contributed by atoms with E-state index >= 15 is 0 Å². The summed E-state index contributed by atoms with van der Waals surface area (Å²) in [7, 11) is 0. The maximum atomic E-state index is 13.2.